The zero-order valence-electron chi connectivity index (χ0n) is 10.9. The number of rotatable bonds is 2. The summed E-state index contributed by atoms with van der Waals surface area (Å²) in [6.07, 6.45) is -4.35. The van der Waals surface area contributed by atoms with Crippen molar-refractivity contribution in [2.75, 3.05) is 7.11 Å². The maximum atomic E-state index is 12.5. The second-order valence-corrected chi connectivity index (χ2v) is 4.35. The van der Waals surface area contributed by atoms with Crippen LogP contribution in [-0.2, 0) is 6.18 Å². The Morgan fingerprint density at radius 1 is 1.05 bits per heavy atom. The molecule has 0 aliphatic heterocycles. The lowest BCUT2D eigenvalue weighted by molar-refractivity contribution is -0.137. The summed E-state index contributed by atoms with van der Waals surface area (Å²) in [6.45, 7) is 0. The largest absolute Gasteiger partial charge is 0.481 e. The molecule has 0 N–H and O–H groups in total. The van der Waals surface area contributed by atoms with E-state index >= 15 is 0 Å². The minimum Gasteiger partial charge on any atom is -0.481 e. The quantitative estimate of drug-likeness (QED) is 0.726. The van der Waals surface area contributed by atoms with Gasteiger partial charge in [-0.25, -0.2) is 4.98 Å². The van der Waals surface area contributed by atoms with Crippen molar-refractivity contribution < 1.29 is 17.9 Å². The van der Waals surface area contributed by atoms with E-state index in [4.69, 9.17) is 4.74 Å². The van der Waals surface area contributed by atoms with E-state index in [1.165, 1.54) is 23.8 Å². The highest BCUT2D eigenvalue weighted by Crippen LogP contribution is 2.30. The summed E-state index contributed by atoms with van der Waals surface area (Å²) < 4.78 is 44.3. The first-order valence-corrected chi connectivity index (χ1v) is 6.06. The number of benzene rings is 1. The molecular weight excluding hydrogens is 283 g/mol. The van der Waals surface area contributed by atoms with Crippen molar-refractivity contribution in [1.29, 1.82) is 0 Å². The average molecular weight is 293 g/mol. The predicted octanol–water partition coefficient (Wildman–Crippen LogP) is 3.42. The second kappa shape index (κ2) is 4.76. The molecule has 3 rings (SSSR count). The molecule has 0 aliphatic rings. The molecule has 0 bridgehead atoms. The van der Waals surface area contributed by atoms with Crippen LogP contribution in [0.4, 0.5) is 13.2 Å². The summed E-state index contributed by atoms with van der Waals surface area (Å²) >= 11 is 0. The van der Waals surface area contributed by atoms with E-state index in [1.807, 2.05) is 0 Å². The fraction of sp³-hybridized carbons (Fsp3) is 0.143. The van der Waals surface area contributed by atoms with Gasteiger partial charge < -0.3 is 4.74 Å². The zero-order valence-corrected chi connectivity index (χ0v) is 10.9. The Morgan fingerprint density at radius 3 is 2.38 bits per heavy atom. The Labute approximate surface area is 117 Å². The first-order valence-electron chi connectivity index (χ1n) is 6.06. The molecule has 2 heterocycles. The lowest BCUT2D eigenvalue weighted by Gasteiger charge is -2.06. The Morgan fingerprint density at radius 2 is 1.76 bits per heavy atom. The second-order valence-electron chi connectivity index (χ2n) is 4.35. The van der Waals surface area contributed by atoms with E-state index in [9.17, 15) is 13.2 Å². The van der Waals surface area contributed by atoms with Gasteiger partial charge in [0.25, 0.3) is 0 Å². The summed E-state index contributed by atoms with van der Waals surface area (Å²) in [7, 11) is 1.51. The van der Waals surface area contributed by atoms with Gasteiger partial charge in [-0.2, -0.15) is 17.7 Å². The lowest BCUT2D eigenvalue weighted by atomic mass is 10.1. The molecule has 0 fully saturated rings. The van der Waals surface area contributed by atoms with Crippen LogP contribution in [0, 0.1) is 0 Å². The monoisotopic (exact) mass is 293 g/mol. The van der Waals surface area contributed by atoms with Crippen molar-refractivity contribution in [3.8, 4) is 17.3 Å². The normalized spacial score (nSPS) is 11.8. The summed E-state index contributed by atoms with van der Waals surface area (Å²) in [5, 5.41) is 4.24. The molecule has 2 aromatic heterocycles. The molecule has 108 valence electrons. The maximum absolute atomic E-state index is 12.5. The fourth-order valence-electron chi connectivity index (χ4n) is 1.97. The molecule has 0 amide bonds. The van der Waals surface area contributed by atoms with Gasteiger partial charge in [-0.15, -0.1) is 5.10 Å². The van der Waals surface area contributed by atoms with Gasteiger partial charge in [-0.3, -0.25) is 0 Å². The highest BCUT2D eigenvalue weighted by atomic mass is 19.4. The molecule has 0 atom stereocenters. The van der Waals surface area contributed by atoms with Gasteiger partial charge in [-0.05, 0) is 18.2 Å². The van der Waals surface area contributed by atoms with Gasteiger partial charge in [0, 0.05) is 11.6 Å². The minimum atomic E-state index is -4.35. The van der Waals surface area contributed by atoms with E-state index < -0.39 is 11.7 Å². The highest BCUT2D eigenvalue weighted by molar-refractivity contribution is 5.59. The number of ether oxygens (including phenoxy) is 1. The van der Waals surface area contributed by atoms with Gasteiger partial charge in [0.05, 0.1) is 12.7 Å². The van der Waals surface area contributed by atoms with Gasteiger partial charge in [0.15, 0.2) is 11.5 Å². The zero-order chi connectivity index (χ0) is 15.0. The SMILES string of the molecule is COc1cccc2nc(-c3ccc(C(F)(F)F)cc3)nn12. The Bertz CT molecular complexity index is 778. The third-order valence-corrected chi connectivity index (χ3v) is 3.00. The van der Waals surface area contributed by atoms with Crippen LogP contribution >= 0.6 is 0 Å². The van der Waals surface area contributed by atoms with E-state index in [0.29, 0.717) is 22.9 Å². The first kappa shape index (κ1) is 13.4. The molecule has 4 nitrogen and oxygen atoms in total. The predicted molar refractivity (Wildman–Crippen MR) is 70.0 cm³/mol. The third kappa shape index (κ3) is 2.42. The standard InChI is InChI=1S/C14H10F3N3O/c1-21-12-4-2-3-11-18-13(19-20(11)12)9-5-7-10(8-6-9)14(15,16)17/h2-8H,1H3. The Balaban J connectivity index is 2.04. The van der Waals surface area contributed by atoms with Crippen LogP contribution in [0.2, 0.25) is 0 Å². The minimum absolute atomic E-state index is 0.341. The number of aromatic nitrogens is 3. The molecule has 0 saturated carbocycles. The molecule has 0 saturated heterocycles. The summed E-state index contributed by atoms with van der Waals surface area (Å²) in [6, 6.07) is 9.95. The van der Waals surface area contributed by atoms with Crippen LogP contribution in [-0.4, -0.2) is 21.7 Å². The van der Waals surface area contributed by atoms with Crippen molar-refractivity contribution in [2.45, 2.75) is 6.18 Å². The molecule has 0 aliphatic carbocycles. The van der Waals surface area contributed by atoms with E-state index in [-0.39, 0.29) is 0 Å². The molecule has 1 aromatic carbocycles. The van der Waals surface area contributed by atoms with Crippen molar-refractivity contribution >= 4 is 5.65 Å². The number of nitrogens with zero attached hydrogens (tertiary/aromatic N) is 3. The van der Waals surface area contributed by atoms with Crippen LogP contribution in [0.1, 0.15) is 5.56 Å². The van der Waals surface area contributed by atoms with Gasteiger partial charge in [0.2, 0.25) is 5.88 Å². The van der Waals surface area contributed by atoms with Crippen molar-refractivity contribution in [1.82, 2.24) is 14.6 Å². The average Bonchev–Trinajstić information content (AvgIpc) is 2.90. The van der Waals surface area contributed by atoms with Crippen LogP contribution in [0.5, 0.6) is 5.88 Å². The van der Waals surface area contributed by atoms with Gasteiger partial charge in [-0.1, -0.05) is 18.2 Å². The van der Waals surface area contributed by atoms with Crippen LogP contribution < -0.4 is 4.74 Å². The Hall–Kier alpha value is -2.57. The summed E-state index contributed by atoms with van der Waals surface area (Å²) in [5.41, 5.74) is 0.366. The molecule has 7 heteroatoms. The number of pyridine rings is 1. The number of fused-ring (bicyclic) bond motifs is 1. The molecule has 21 heavy (non-hydrogen) atoms. The van der Waals surface area contributed by atoms with E-state index in [0.717, 1.165) is 12.1 Å². The maximum Gasteiger partial charge on any atom is 0.416 e. The molecule has 3 aromatic rings. The smallest absolute Gasteiger partial charge is 0.416 e. The lowest BCUT2D eigenvalue weighted by Crippen LogP contribution is -2.04. The molecule has 0 unspecified atom stereocenters. The number of methoxy groups -OCH3 is 1. The number of hydrogen-bond acceptors (Lipinski definition) is 3. The number of alkyl halides is 3. The third-order valence-electron chi connectivity index (χ3n) is 3.00. The topological polar surface area (TPSA) is 39.4 Å². The number of halogens is 3. The van der Waals surface area contributed by atoms with Crippen molar-refractivity contribution in [2.24, 2.45) is 0 Å². The van der Waals surface area contributed by atoms with Gasteiger partial charge >= 0.3 is 6.18 Å². The van der Waals surface area contributed by atoms with Gasteiger partial charge in [0.1, 0.15) is 0 Å². The van der Waals surface area contributed by atoms with Crippen LogP contribution in [0.3, 0.4) is 0 Å². The van der Waals surface area contributed by atoms with E-state index in [2.05, 4.69) is 10.1 Å². The fourth-order valence-corrected chi connectivity index (χ4v) is 1.97. The first-order chi connectivity index (χ1) is 9.99. The Kier molecular flexibility index (Phi) is 3.04. The summed E-state index contributed by atoms with van der Waals surface area (Å²) in [5.74, 6) is 0.839. The van der Waals surface area contributed by atoms with Crippen molar-refractivity contribution in [3.05, 3.63) is 48.0 Å². The molecular formula is C14H10F3N3O. The summed E-state index contributed by atoms with van der Waals surface area (Å²) in [4.78, 5) is 4.27. The van der Waals surface area contributed by atoms with Crippen LogP contribution in [0.15, 0.2) is 42.5 Å². The highest BCUT2D eigenvalue weighted by Gasteiger charge is 2.30. The van der Waals surface area contributed by atoms with Crippen molar-refractivity contribution in [3.63, 3.8) is 0 Å². The molecule has 0 spiro atoms. The number of hydrogen-bond donors (Lipinski definition) is 0. The molecule has 0 radical (unpaired) electrons. The van der Waals surface area contributed by atoms with E-state index in [1.54, 1.807) is 18.2 Å². The van der Waals surface area contributed by atoms with Crippen LogP contribution in [0.25, 0.3) is 17.0 Å².